The summed E-state index contributed by atoms with van der Waals surface area (Å²) in [5.41, 5.74) is 0. The average molecular weight is 190 g/mol. The van der Waals surface area contributed by atoms with Crippen molar-refractivity contribution >= 4 is 0 Å². The van der Waals surface area contributed by atoms with Gasteiger partial charge in [-0.2, -0.15) is 0 Å². The Morgan fingerprint density at radius 3 is 2.08 bits per heavy atom. The van der Waals surface area contributed by atoms with Crippen LogP contribution >= 0.6 is 0 Å². The second-order valence-electron chi connectivity index (χ2n) is 3.97. The molecular formula is C10H22O3. The van der Waals surface area contributed by atoms with Gasteiger partial charge in [-0.3, -0.25) is 0 Å². The quantitative estimate of drug-likeness (QED) is 0.660. The molecule has 0 fully saturated rings. The van der Waals surface area contributed by atoms with Gasteiger partial charge in [-0.25, -0.2) is 0 Å². The Morgan fingerprint density at radius 2 is 1.62 bits per heavy atom. The zero-order valence-corrected chi connectivity index (χ0v) is 9.12. The third-order valence-corrected chi connectivity index (χ3v) is 1.38. The molecule has 13 heavy (non-hydrogen) atoms. The van der Waals surface area contributed by atoms with Crippen molar-refractivity contribution in [2.24, 2.45) is 5.92 Å². The Bertz CT molecular complexity index is 113. The van der Waals surface area contributed by atoms with Crippen LogP contribution in [-0.2, 0) is 9.47 Å². The molecule has 1 atom stereocenters. The van der Waals surface area contributed by atoms with Gasteiger partial charge in [0, 0.05) is 6.61 Å². The van der Waals surface area contributed by atoms with Crippen LogP contribution in [0.5, 0.6) is 0 Å². The third kappa shape index (κ3) is 9.80. The van der Waals surface area contributed by atoms with Gasteiger partial charge in [0.05, 0.1) is 19.3 Å². The van der Waals surface area contributed by atoms with E-state index in [1.165, 1.54) is 0 Å². The SMILES string of the molecule is CC(C)COC[C@@H](O)COC(C)C. The van der Waals surface area contributed by atoms with E-state index in [9.17, 15) is 5.11 Å². The Kier molecular flexibility index (Phi) is 7.23. The van der Waals surface area contributed by atoms with E-state index >= 15 is 0 Å². The Morgan fingerprint density at radius 1 is 1.00 bits per heavy atom. The maximum absolute atomic E-state index is 9.36. The molecule has 0 heterocycles. The lowest BCUT2D eigenvalue weighted by atomic mass is 10.2. The smallest absolute Gasteiger partial charge is 0.101 e. The number of ether oxygens (including phenoxy) is 2. The van der Waals surface area contributed by atoms with Crippen molar-refractivity contribution in [3.8, 4) is 0 Å². The first kappa shape index (κ1) is 12.9. The summed E-state index contributed by atoms with van der Waals surface area (Å²) in [7, 11) is 0. The lowest BCUT2D eigenvalue weighted by Gasteiger charge is -2.14. The molecule has 0 bridgehead atoms. The summed E-state index contributed by atoms with van der Waals surface area (Å²) in [6.45, 7) is 9.47. The predicted molar refractivity (Wildman–Crippen MR) is 52.8 cm³/mol. The molecule has 0 aromatic carbocycles. The Hall–Kier alpha value is -0.120. The highest BCUT2D eigenvalue weighted by Gasteiger charge is 2.06. The molecule has 0 aliphatic carbocycles. The lowest BCUT2D eigenvalue weighted by molar-refractivity contribution is -0.0393. The number of aliphatic hydroxyl groups excluding tert-OH is 1. The van der Waals surface area contributed by atoms with E-state index in [2.05, 4.69) is 13.8 Å². The van der Waals surface area contributed by atoms with Gasteiger partial charge in [-0.15, -0.1) is 0 Å². The molecule has 0 aliphatic heterocycles. The lowest BCUT2D eigenvalue weighted by Crippen LogP contribution is -2.24. The van der Waals surface area contributed by atoms with Crippen molar-refractivity contribution in [3.63, 3.8) is 0 Å². The number of rotatable bonds is 7. The fourth-order valence-electron chi connectivity index (χ4n) is 0.791. The van der Waals surface area contributed by atoms with Crippen molar-refractivity contribution < 1.29 is 14.6 Å². The van der Waals surface area contributed by atoms with Gasteiger partial charge in [-0.05, 0) is 19.8 Å². The minimum Gasteiger partial charge on any atom is -0.388 e. The zero-order valence-electron chi connectivity index (χ0n) is 9.12. The number of hydrogen-bond donors (Lipinski definition) is 1. The minimum atomic E-state index is -0.499. The summed E-state index contributed by atoms with van der Waals surface area (Å²) in [5.74, 6) is 0.512. The van der Waals surface area contributed by atoms with Crippen LogP contribution < -0.4 is 0 Å². The van der Waals surface area contributed by atoms with Gasteiger partial charge in [0.1, 0.15) is 6.10 Å². The van der Waals surface area contributed by atoms with E-state index < -0.39 is 6.10 Å². The zero-order chi connectivity index (χ0) is 10.3. The Labute approximate surface area is 81.0 Å². The summed E-state index contributed by atoms with van der Waals surface area (Å²) >= 11 is 0. The van der Waals surface area contributed by atoms with Crippen LogP contribution in [0.15, 0.2) is 0 Å². The minimum absolute atomic E-state index is 0.166. The van der Waals surface area contributed by atoms with E-state index in [0.29, 0.717) is 25.7 Å². The molecule has 1 N–H and O–H groups in total. The first-order chi connectivity index (χ1) is 6.02. The van der Waals surface area contributed by atoms with Crippen LogP contribution in [0.2, 0.25) is 0 Å². The molecule has 0 spiro atoms. The standard InChI is InChI=1S/C10H22O3/c1-8(2)5-12-6-10(11)7-13-9(3)4/h8-11H,5-7H2,1-4H3/t10-/m1/s1. The highest BCUT2D eigenvalue weighted by atomic mass is 16.5. The first-order valence-corrected chi connectivity index (χ1v) is 4.89. The highest BCUT2D eigenvalue weighted by Crippen LogP contribution is 1.96. The van der Waals surface area contributed by atoms with Gasteiger partial charge >= 0.3 is 0 Å². The van der Waals surface area contributed by atoms with E-state index in [0.717, 1.165) is 0 Å². The first-order valence-electron chi connectivity index (χ1n) is 4.89. The van der Waals surface area contributed by atoms with Gasteiger partial charge in [0.2, 0.25) is 0 Å². The molecule has 80 valence electrons. The fraction of sp³-hybridized carbons (Fsp3) is 1.00. The largest absolute Gasteiger partial charge is 0.388 e. The van der Waals surface area contributed by atoms with Crippen LogP contribution in [0.3, 0.4) is 0 Å². The summed E-state index contributed by atoms with van der Waals surface area (Å²) in [6, 6.07) is 0. The second-order valence-corrected chi connectivity index (χ2v) is 3.97. The molecule has 0 saturated heterocycles. The van der Waals surface area contributed by atoms with E-state index in [1.54, 1.807) is 0 Å². The van der Waals surface area contributed by atoms with E-state index in [-0.39, 0.29) is 6.10 Å². The van der Waals surface area contributed by atoms with Crippen LogP contribution in [0.1, 0.15) is 27.7 Å². The molecule has 0 aromatic rings. The van der Waals surface area contributed by atoms with Gasteiger partial charge in [0.25, 0.3) is 0 Å². The topological polar surface area (TPSA) is 38.7 Å². The van der Waals surface area contributed by atoms with Crippen molar-refractivity contribution in [3.05, 3.63) is 0 Å². The van der Waals surface area contributed by atoms with E-state index in [1.807, 2.05) is 13.8 Å². The molecule has 0 rings (SSSR count). The molecule has 3 heteroatoms. The predicted octanol–water partition coefficient (Wildman–Crippen LogP) is 1.44. The Balaban J connectivity index is 3.25. The molecule has 0 amide bonds. The summed E-state index contributed by atoms with van der Waals surface area (Å²) < 4.78 is 10.5. The van der Waals surface area contributed by atoms with Gasteiger partial charge in [0.15, 0.2) is 0 Å². The third-order valence-electron chi connectivity index (χ3n) is 1.38. The highest BCUT2D eigenvalue weighted by molar-refractivity contribution is 4.53. The van der Waals surface area contributed by atoms with Gasteiger partial charge < -0.3 is 14.6 Å². The van der Waals surface area contributed by atoms with Crippen LogP contribution in [-0.4, -0.2) is 37.1 Å². The molecule has 3 nitrogen and oxygen atoms in total. The number of hydrogen-bond acceptors (Lipinski definition) is 3. The van der Waals surface area contributed by atoms with Crippen molar-refractivity contribution in [2.75, 3.05) is 19.8 Å². The summed E-state index contributed by atoms with van der Waals surface area (Å²) in [5, 5.41) is 9.36. The molecule has 0 radical (unpaired) electrons. The van der Waals surface area contributed by atoms with Crippen LogP contribution in [0.25, 0.3) is 0 Å². The molecule has 0 aromatic heterocycles. The second kappa shape index (κ2) is 7.30. The maximum Gasteiger partial charge on any atom is 0.101 e. The van der Waals surface area contributed by atoms with Gasteiger partial charge in [-0.1, -0.05) is 13.8 Å². The van der Waals surface area contributed by atoms with Crippen molar-refractivity contribution in [1.82, 2.24) is 0 Å². The normalized spacial score (nSPS) is 14.1. The maximum atomic E-state index is 9.36. The van der Waals surface area contributed by atoms with Crippen LogP contribution in [0, 0.1) is 5.92 Å². The summed E-state index contributed by atoms with van der Waals surface area (Å²) in [6.07, 6.45) is -0.333. The average Bonchev–Trinajstić information content (AvgIpc) is 2.00. The van der Waals surface area contributed by atoms with E-state index in [4.69, 9.17) is 9.47 Å². The van der Waals surface area contributed by atoms with Crippen molar-refractivity contribution in [2.45, 2.75) is 39.9 Å². The monoisotopic (exact) mass is 190 g/mol. The van der Waals surface area contributed by atoms with Crippen molar-refractivity contribution in [1.29, 1.82) is 0 Å². The molecule has 0 saturated carbocycles. The summed E-state index contributed by atoms with van der Waals surface area (Å²) in [4.78, 5) is 0. The molecule has 0 aliphatic rings. The number of aliphatic hydroxyl groups is 1. The molecular weight excluding hydrogens is 168 g/mol. The fourth-order valence-corrected chi connectivity index (χ4v) is 0.791. The molecule has 0 unspecified atom stereocenters. The van der Waals surface area contributed by atoms with Crippen LogP contribution in [0.4, 0.5) is 0 Å².